The highest BCUT2D eigenvalue weighted by atomic mass is 32.1. The predicted octanol–water partition coefficient (Wildman–Crippen LogP) is 0.613. The first kappa shape index (κ1) is 10.5. The van der Waals surface area contributed by atoms with Gasteiger partial charge in [-0.3, -0.25) is 4.79 Å². The van der Waals surface area contributed by atoms with Crippen LogP contribution in [0.15, 0.2) is 0 Å². The summed E-state index contributed by atoms with van der Waals surface area (Å²) in [4.78, 5) is 12.3. The van der Waals surface area contributed by atoms with Crippen LogP contribution in [0.4, 0.5) is 0 Å². The Morgan fingerprint density at radius 2 is 2.40 bits per heavy atom. The molecule has 1 saturated heterocycles. The normalized spacial score (nSPS) is 18.3. The number of amides is 1. The average Bonchev–Trinajstić information content (AvgIpc) is 2.58. The first-order chi connectivity index (χ1) is 7.11. The van der Waals surface area contributed by atoms with Crippen molar-refractivity contribution < 1.29 is 9.53 Å². The third-order valence-corrected chi connectivity index (χ3v) is 3.26. The van der Waals surface area contributed by atoms with Crippen molar-refractivity contribution in [2.45, 2.75) is 13.8 Å². The number of carbonyl (C=O) groups is 1. The van der Waals surface area contributed by atoms with E-state index in [9.17, 15) is 4.79 Å². The van der Waals surface area contributed by atoms with Gasteiger partial charge >= 0.3 is 0 Å². The first-order valence-corrected chi connectivity index (χ1v) is 5.53. The zero-order valence-electron chi connectivity index (χ0n) is 8.74. The van der Waals surface area contributed by atoms with Gasteiger partial charge in [0.15, 0.2) is 0 Å². The number of nitrogens with zero attached hydrogens (tertiary/aromatic N) is 2. The number of carbonyl (C=O) groups excluding carboxylic acids is 1. The lowest BCUT2D eigenvalue weighted by molar-refractivity contribution is -0.0978. The molecule has 82 valence electrons. The minimum atomic E-state index is -0.0874. The molecule has 1 aromatic rings. The number of nitrogens with one attached hydrogen (secondary N) is 1. The summed E-state index contributed by atoms with van der Waals surface area (Å²) in [7, 11) is 0. The lowest BCUT2D eigenvalue weighted by Crippen LogP contribution is -2.48. The molecule has 0 bridgehead atoms. The van der Waals surface area contributed by atoms with Crippen molar-refractivity contribution in [1.82, 2.24) is 14.9 Å². The first-order valence-electron chi connectivity index (χ1n) is 4.76. The standard InChI is InChI=1S/C9H13N3O2S/c1-6-7(15-12-11-6)8(13)10-3-9(2)4-14-5-9/h3-5H2,1-2H3,(H,10,13). The van der Waals surface area contributed by atoms with Gasteiger partial charge in [0.05, 0.1) is 18.9 Å². The lowest BCUT2D eigenvalue weighted by atomic mass is 9.89. The molecule has 0 aromatic carbocycles. The molecule has 0 radical (unpaired) electrons. The van der Waals surface area contributed by atoms with Gasteiger partial charge in [-0.15, -0.1) is 5.10 Å². The molecule has 15 heavy (non-hydrogen) atoms. The zero-order valence-corrected chi connectivity index (χ0v) is 9.56. The highest BCUT2D eigenvalue weighted by Crippen LogP contribution is 2.25. The molecule has 0 aliphatic carbocycles. The van der Waals surface area contributed by atoms with Gasteiger partial charge in [0.2, 0.25) is 0 Å². The van der Waals surface area contributed by atoms with Gasteiger partial charge in [-0.05, 0) is 18.5 Å². The predicted molar refractivity (Wildman–Crippen MR) is 55.9 cm³/mol. The Balaban J connectivity index is 1.90. The molecule has 1 fully saturated rings. The second-order valence-corrected chi connectivity index (χ2v) is 4.93. The summed E-state index contributed by atoms with van der Waals surface area (Å²) in [5.41, 5.74) is 0.786. The average molecular weight is 227 g/mol. The van der Waals surface area contributed by atoms with Gasteiger partial charge in [-0.2, -0.15) is 0 Å². The SMILES string of the molecule is Cc1nnsc1C(=O)NCC1(C)COC1. The number of rotatable bonds is 3. The van der Waals surface area contributed by atoms with Crippen molar-refractivity contribution in [2.24, 2.45) is 5.41 Å². The molecule has 1 aliphatic rings. The summed E-state index contributed by atoms with van der Waals surface area (Å²) in [5, 5.41) is 6.68. The van der Waals surface area contributed by atoms with Crippen LogP contribution in [0.1, 0.15) is 22.3 Å². The molecule has 0 unspecified atom stereocenters. The van der Waals surface area contributed by atoms with Crippen LogP contribution >= 0.6 is 11.5 Å². The molecule has 2 rings (SSSR count). The monoisotopic (exact) mass is 227 g/mol. The van der Waals surface area contributed by atoms with Gasteiger partial charge in [-0.25, -0.2) is 0 Å². The summed E-state index contributed by atoms with van der Waals surface area (Å²) < 4.78 is 8.84. The Bertz CT molecular complexity index is 373. The van der Waals surface area contributed by atoms with Crippen LogP contribution in [-0.4, -0.2) is 35.3 Å². The fourth-order valence-electron chi connectivity index (χ4n) is 1.37. The van der Waals surface area contributed by atoms with E-state index in [0.29, 0.717) is 30.3 Å². The Morgan fingerprint density at radius 1 is 1.67 bits per heavy atom. The molecular weight excluding hydrogens is 214 g/mol. The molecule has 0 spiro atoms. The fraction of sp³-hybridized carbons (Fsp3) is 0.667. The largest absolute Gasteiger partial charge is 0.380 e. The summed E-state index contributed by atoms with van der Waals surface area (Å²) in [5.74, 6) is -0.0874. The van der Waals surface area contributed by atoms with Gasteiger partial charge in [0.25, 0.3) is 5.91 Å². The summed E-state index contributed by atoms with van der Waals surface area (Å²) >= 11 is 1.13. The summed E-state index contributed by atoms with van der Waals surface area (Å²) in [6.07, 6.45) is 0. The molecule has 2 heterocycles. The maximum absolute atomic E-state index is 11.7. The molecular formula is C9H13N3O2S. The Morgan fingerprint density at radius 3 is 2.87 bits per heavy atom. The van der Waals surface area contributed by atoms with E-state index in [4.69, 9.17) is 4.74 Å². The van der Waals surface area contributed by atoms with Crippen LogP contribution < -0.4 is 5.32 Å². The maximum atomic E-state index is 11.7. The van der Waals surface area contributed by atoms with Crippen LogP contribution in [0.5, 0.6) is 0 Å². The third-order valence-electron chi connectivity index (χ3n) is 2.43. The van der Waals surface area contributed by atoms with E-state index in [-0.39, 0.29) is 11.3 Å². The van der Waals surface area contributed by atoms with Crippen LogP contribution in [0.25, 0.3) is 0 Å². The van der Waals surface area contributed by atoms with Crippen LogP contribution in [0.3, 0.4) is 0 Å². The lowest BCUT2D eigenvalue weighted by Gasteiger charge is -2.37. The van der Waals surface area contributed by atoms with Crippen molar-refractivity contribution in [3.8, 4) is 0 Å². The van der Waals surface area contributed by atoms with Crippen LogP contribution in [0, 0.1) is 12.3 Å². The molecule has 1 aromatic heterocycles. The second-order valence-electron chi connectivity index (χ2n) is 4.17. The second kappa shape index (κ2) is 3.86. The van der Waals surface area contributed by atoms with Gasteiger partial charge in [-0.1, -0.05) is 11.4 Å². The van der Waals surface area contributed by atoms with Crippen molar-refractivity contribution >= 4 is 17.4 Å². The minimum Gasteiger partial charge on any atom is -0.380 e. The number of hydrogen-bond donors (Lipinski definition) is 1. The molecule has 0 atom stereocenters. The van der Waals surface area contributed by atoms with Crippen molar-refractivity contribution in [3.63, 3.8) is 0 Å². The number of aryl methyl sites for hydroxylation is 1. The summed E-state index contributed by atoms with van der Waals surface area (Å²) in [6, 6.07) is 0. The van der Waals surface area contributed by atoms with E-state index >= 15 is 0 Å². The highest BCUT2D eigenvalue weighted by Gasteiger charge is 2.33. The summed E-state index contributed by atoms with van der Waals surface area (Å²) in [6.45, 7) is 5.95. The molecule has 6 heteroatoms. The Labute approximate surface area is 92.0 Å². The van der Waals surface area contributed by atoms with Crippen molar-refractivity contribution in [3.05, 3.63) is 10.6 Å². The highest BCUT2D eigenvalue weighted by molar-refractivity contribution is 7.07. The van der Waals surface area contributed by atoms with Crippen LogP contribution in [0.2, 0.25) is 0 Å². The van der Waals surface area contributed by atoms with Gasteiger partial charge < -0.3 is 10.1 Å². The van der Waals surface area contributed by atoms with E-state index in [0.717, 1.165) is 11.5 Å². The van der Waals surface area contributed by atoms with Crippen molar-refractivity contribution in [1.29, 1.82) is 0 Å². The van der Waals surface area contributed by atoms with E-state index in [1.165, 1.54) is 0 Å². The van der Waals surface area contributed by atoms with E-state index in [1.807, 2.05) is 0 Å². The number of hydrogen-bond acceptors (Lipinski definition) is 5. The number of aromatic nitrogens is 2. The van der Waals surface area contributed by atoms with E-state index < -0.39 is 0 Å². The minimum absolute atomic E-state index is 0.0874. The number of ether oxygens (including phenoxy) is 1. The van der Waals surface area contributed by atoms with Gasteiger partial charge in [0, 0.05) is 12.0 Å². The maximum Gasteiger partial charge on any atom is 0.264 e. The van der Waals surface area contributed by atoms with E-state index in [1.54, 1.807) is 6.92 Å². The van der Waals surface area contributed by atoms with Crippen molar-refractivity contribution in [2.75, 3.05) is 19.8 Å². The smallest absolute Gasteiger partial charge is 0.264 e. The molecule has 1 aliphatic heterocycles. The fourth-order valence-corrected chi connectivity index (χ4v) is 1.94. The molecule has 0 saturated carbocycles. The van der Waals surface area contributed by atoms with Gasteiger partial charge in [0.1, 0.15) is 4.88 Å². The third kappa shape index (κ3) is 2.15. The van der Waals surface area contributed by atoms with E-state index in [2.05, 4.69) is 21.8 Å². The molecule has 5 nitrogen and oxygen atoms in total. The Kier molecular flexibility index (Phi) is 2.70. The molecule has 1 amide bonds. The zero-order chi connectivity index (χ0) is 10.9. The quantitative estimate of drug-likeness (QED) is 0.822. The molecule has 1 N–H and O–H groups in total. The Hall–Kier alpha value is -1.01. The van der Waals surface area contributed by atoms with Crippen LogP contribution in [-0.2, 0) is 4.74 Å². The topological polar surface area (TPSA) is 64.1 Å².